The summed E-state index contributed by atoms with van der Waals surface area (Å²) in [6.45, 7) is 6.83. The summed E-state index contributed by atoms with van der Waals surface area (Å²) in [5.41, 5.74) is 1.54. The van der Waals surface area contributed by atoms with Crippen LogP contribution in [-0.2, 0) is 6.42 Å². The van der Waals surface area contributed by atoms with E-state index >= 15 is 0 Å². The van der Waals surface area contributed by atoms with E-state index in [2.05, 4.69) is 25.2 Å². The quantitative estimate of drug-likeness (QED) is 0.770. The van der Waals surface area contributed by atoms with Gasteiger partial charge >= 0.3 is 0 Å². The molecule has 90 valence electrons. The van der Waals surface area contributed by atoms with E-state index in [1.165, 1.54) is 48.4 Å². The number of aryl methyl sites for hydroxylation is 2. The van der Waals surface area contributed by atoms with Crippen LogP contribution >= 0.6 is 11.3 Å². The second-order valence-corrected chi connectivity index (χ2v) is 6.50. The Morgan fingerprint density at radius 2 is 2.06 bits per heavy atom. The molecule has 16 heavy (non-hydrogen) atoms. The van der Waals surface area contributed by atoms with Gasteiger partial charge in [0.15, 0.2) is 0 Å². The molecule has 1 nitrogen and oxygen atoms in total. The van der Waals surface area contributed by atoms with Gasteiger partial charge in [0.1, 0.15) is 0 Å². The van der Waals surface area contributed by atoms with Gasteiger partial charge in [0, 0.05) is 9.75 Å². The van der Waals surface area contributed by atoms with E-state index in [1.807, 2.05) is 11.3 Å². The van der Waals surface area contributed by atoms with E-state index in [4.69, 9.17) is 0 Å². The molecule has 0 aliphatic heterocycles. The van der Waals surface area contributed by atoms with Gasteiger partial charge in [-0.15, -0.1) is 11.3 Å². The highest BCUT2D eigenvalue weighted by Crippen LogP contribution is 2.24. The molecule has 0 amide bonds. The van der Waals surface area contributed by atoms with Crippen molar-refractivity contribution in [3.63, 3.8) is 0 Å². The van der Waals surface area contributed by atoms with Crippen LogP contribution < -0.4 is 5.32 Å². The Labute approximate surface area is 103 Å². The number of hydrogen-bond acceptors (Lipinski definition) is 2. The molecular formula is C14H23NS. The van der Waals surface area contributed by atoms with Gasteiger partial charge in [-0.3, -0.25) is 0 Å². The average molecular weight is 237 g/mol. The lowest BCUT2D eigenvalue weighted by Crippen LogP contribution is -2.23. The van der Waals surface area contributed by atoms with Crippen molar-refractivity contribution in [2.24, 2.45) is 5.92 Å². The van der Waals surface area contributed by atoms with Gasteiger partial charge in [0.2, 0.25) is 0 Å². The second kappa shape index (κ2) is 5.83. The molecule has 0 atom stereocenters. The minimum absolute atomic E-state index is 0.963. The predicted molar refractivity (Wildman–Crippen MR) is 72.3 cm³/mol. The Bertz CT molecular complexity index is 323. The molecule has 2 heteroatoms. The number of hydrogen-bond donors (Lipinski definition) is 1. The van der Waals surface area contributed by atoms with Crippen LogP contribution in [0.25, 0.3) is 0 Å². The molecule has 1 heterocycles. The standard InChI is InChI=1S/C14H23NS/c1-11-9-14(12(2)16-11)7-8-15-10-13-5-3-4-6-13/h9,13,15H,3-8,10H2,1-2H3. The summed E-state index contributed by atoms with van der Waals surface area (Å²) >= 11 is 1.92. The molecule has 0 unspecified atom stereocenters. The zero-order valence-corrected chi connectivity index (χ0v) is 11.3. The van der Waals surface area contributed by atoms with Crippen molar-refractivity contribution < 1.29 is 0 Å². The van der Waals surface area contributed by atoms with E-state index in [9.17, 15) is 0 Å². The summed E-state index contributed by atoms with van der Waals surface area (Å²) in [5, 5.41) is 3.62. The molecule has 0 saturated heterocycles. The molecule has 0 aromatic carbocycles. The van der Waals surface area contributed by atoms with E-state index in [1.54, 1.807) is 5.56 Å². The SMILES string of the molecule is Cc1cc(CCNCC2CCCC2)c(C)s1. The molecule has 1 aliphatic rings. The van der Waals surface area contributed by atoms with Gasteiger partial charge in [-0.2, -0.15) is 0 Å². The molecule has 1 N–H and O–H groups in total. The zero-order chi connectivity index (χ0) is 11.4. The van der Waals surface area contributed by atoms with E-state index in [0.29, 0.717) is 0 Å². The molecule has 1 aromatic heterocycles. The van der Waals surface area contributed by atoms with Crippen LogP contribution in [0.3, 0.4) is 0 Å². The first-order valence-corrected chi connectivity index (χ1v) is 7.34. The molecule has 1 fully saturated rings. The van der Waals surface area contributed by atoms with Gasteiger partial charge < -0.3 is 5.32 Å². The molecular weight excluding hydrogens is 214 g/mol. The number of rotatable bonds is 5. The largest absolute Gasteiger partial charge is 0.316 e. The summed E-state index contributed by atoms with van der Waals surface area (Å²) in [7, 11) is 0. The van der Waals surface area contributed by atoms with Crippen LogP contribution in [0, 0.1) is 19.8 Å². The molecule has 1 aliphatic carbocycles. The first kappa shape index (κ1) is 12.1. The Morgan fingerprint density at radius 3 is 2.69 bits per heavy atom. The van der Waals surface area contributed by atoms with Gasteiger partial charge in [-0.25, -0.2) is 0 Å². The molecule has 0 spiro atoms. The van der Waals surface area contributed by atoms with Crippen LogP contribution in [0.1, 0.15) is 41.0 Å². The highest BCUT2D eigenvalue weighted by atomic mass is 32.1. The molecule has 0 bridgehead atoms. The lowest BCUT2D eigenvalue weighted by atomic mass is 10.1. The fourth-order valence-corrected chi connectivity index (χ4v) is 3.65. The van der Waals surface area contributed by atoms with Gasteiger partial charge in [0.05, 0.1) is 0 Å². The van der Waals surface area contributed by atoms with Crippen LogP contribution in [0.4, 0.5) is 0 Å². The Balaban J connectivity index is 1.65. The lowest BCUT2D eigenvalue weighted by molar-refractivity contribution is 0.491. The number of nitrogens with one attached hydrogen (secondary N) is 1. The minimum Gasteiger partial charge on any atom is -0.316 e. The fourth-order valence-electron chi connectivity index (χ4n) is 2.68. The highest BCUT2D eigenvalue weighted by Gasteiger charge is 2.13. The van der Waals surface area contributed by atoms with E-state index in [0.717, 1.165) is 12.5 Å². The third-order valence-electron chi connectivity index (χ3n) is 3.62. The van der Waals surface area contributed by atoms with E-state index < -0.39 is 0 Å². The molecule has 1 saturated carbocycles. The Morgan fingerprint density at radius 1 is 1.31 bits per heavy atom. The van der Waals surface area contributed by atoms with Crippen molar-refractivity contribution in [1.82, 2.24) is 5.32 Å². The van der Waals surface area contributed by atoms with Gasteiger partial charge in [0.25, 0.3) is 0 Å². The lowest BCUT2D eigenvalue weighted by Gasteiger charge is -2.10. The molecule has 2 rings (SSSR count). The van der Waals surface area contributed by atoms with Crippen molar-refractivity contribution in [1.29, 1.82) is 0 Å². The van der Waals surface area contributed by atoms with Crippen molar-refractivity contribution in [3.05, 3.63) is 21.4 Å². The molecule has 1 aromatic rings. The Hall–Kier alpha value is -0.340. The first-order valence-electron chi connectivity index (χ1n) is 6.52. The van der Waals surface area contributed by atoms with Crippen molar-refractivity contribution >= 4 is 11.3 Å². The van der Waals surface area contributed by atoms with Crippen LogP contribution in [-0.4, -0.2) is 13.1 Å². The first-order chi connectivity index (χ1) is 7.75. The average Bonchev–Trinajstić information content (AvgIpc) is 2.84. The van der Waals surface area contributed by atoms with Crippen molar-refractivity contribution in [2.45, 2.75) is 46.0 Å². The zero-order valence-electron chi connectivity index (χ0n) is 10.5. The third kappa shape index (κ3) is 3.33. The summed E-state index contributed by atoms with van der Waals surface area (Å²) in [4.78, 5) is 2.95. The summed E-state index contributed by atoms with van der Waals surface area (Å²) < 4.78 is 0. The predicted octanol–water partition coefficient (Wildman–Crippen LogP) is 3.69. The maximum absolute atomic E-state index is 3.62. The summed E-state index contributed by atoms with van der Waals surface area (Å²) in [5.74, 6) is 0.963. The van der Waals surface area contributed by atoms with Crippen LogP contribution in [0.5, 0.6) is 0 Å². The molecule has 0 radical (unpaired) electrons. The van der Waals surface area contributed by atoms with Gasteiger partial charge in [-0.05, 0) is 63.7 Å². The topological polar surface area (TPSA) is 12.0 Å². The van der Waals surface area contributed by atoms with Crippen LogP contribution in [0.15, 0.2) is 6.07 Å². The summed E-state index contributed by atoms with van der Waals surface area (Å²) in [6, 6.07) is 2.34. The monoisotopic (exact) mass is 237 g/mol. The second-order valence-electron chi connectivity index (χ2n) is 5.04. The van der Waals surface area contributed by atoms with Crippen molar-refractivity contribution in [2.75, 3.05) is 13.1 Å². The fraction of sp³-hybridized carbons (Fsp3) is 0.714. The highest BCUT2D eigenvalue weighted by molar-refractivity contribution is 7.12. The maximum atomic E-state index is 3.62. The Kier molecular flexibility index (Phi) is 4.42. The normalized spacial score (nSPS) is 17.1. The van der Waals surface area contributed by atoms with E-state index in [-0.39, 0.29) is 0 Å². The maximum Gasteiger partial charge on any atom is 0.00495 e. The van der Waals surface area contributed by atoms with Crippen molar-refractivity contribution in [3.8, 4) is 0 Å². The van der Waals surface area contributed by atoms with Gasteiger partial charge in [-0.1, -0.05) is 12.8 Å². The number of thiophene rings is 1. The minimum atomic E-state index is 0.963. The van der Waals surface area contributed by atoms with Crippen LogP contribution in [0.2, 0.25) is 0 Å². The third-order valence-corrected chi connectivity index (χ3v) is 4.63. The smallest absolute Gasteiger partial charge is 0.00495 e. The summed E-state index contributed by atoms with van der Waals surface area (Å²) in [6.07, 6.45) is 7.00.